The van der Waals surface area contributed by atoms with Gasteiger partial charge in [0.05, 0.1) is 12.5 Å². The lowest BCUT2D eigenvalue weighted by molar-refractivity contribution is 0.0927. The summed E-state index contributed by atoms with van der Waals surface area (Å²) in [6.07, 6.45) is 4.90. The first-order chi connectivity index (χ1) is 10.2. The molecule has 0 fully saturated rings. The van der Waals surface area contributed by atoms with Crippen molar-refractivity contribution in [1.29, 1.82) is 0 Å². The summed E-state index contributed by atoms with van der Waals surface area (Å²) < 4.78 is 10.8. The quantitative estimate of drug-likeness (QED) is 0.695. The van der Waals surface area contributed by atoms with Crippen LogP contribution in [-0.2, 0) is 0 Å². The van der Waals surface area contributed by atoms with E-state index < -0.39 is 0 Å². The molecule has 106 valence electrons. The Morgan fingerprint density at radius 2 is 2.14 bits per heavy atom. The summed E-state index contributed by atoms with van der Waals surface area (Å²) in [5, 5.41) is 3.94. The second-order valence-corrected chi connectivity index (χ2v) is 4.62. The minimum absolute atomic E-state index is 0.121. The molecular weight excluding hydrogens is 268 g/mol. The van der Waals surface area contributed by atoms with E-state index in [4.69, 9.17) is 9.15 Å². The van der Waals surface area contributed by atoms with Crippen molar-refractivity contribution in [2.75, 3.05) is 0 Å². The highest BCUT2D eigenvalue weighted by atomic mass is 16.5. The molecule has 3 rings (SSSR count). The van der Waals surface area contributed by atoms with Crippen LogP contribution in [0.15, 0.2) is 57.8 Å². The Labute approximate surface area is 121 Å². The summed E-state index contributed by atoms with van der Waals surface area (Å²) in [6, 6.07) is 11.0. The molecule has 0 spiro atoms. The molecule has 0 saturated heterocycles. The number of hydrazone groups is 1. The number of fused-ring (bicyclic) bond motifs is 1. The van der Waals surface area contributed by atoms with E-state index in [9.17, 15) is 4.79 Å². The van der Waals surface area contributed by atoms with E-state index in [1.54, 1.807) is 18.3 Å². The zero-order valence-electron chi connectivity index (χ0n) is 11.4. The van der Waals surface area contributed by atoms with E-state index >= 15 is 0 Å². The molecule has 1 atom stereocenters. The van der Waals surface area contributed by atoms with Crippen LogP contribution in [0.5, 0.6) is 5.75 Å². The Bertz CT molecular complexity index is 702. The second-order valence-electron chi connectivity index (χ2n) is 4.62. The van der Waals surface area contributed by atoms with E-state index in [1.165, 1.54) is 6.26 Å². The second kappa shape index (κ2) is 5.66. The van der Waals surface area contributed by atoms with Crippen molar-refractivity contribution in [3.05, 3.63) is 59.6 Å². The van der Waals surface area contributed by atoms with Crippen LogP contribution in [0.1, 0.15) is 23.0 Å². The molecule has 0 saturated carbocycles. The Morgan fingerprint density at radius 3 is 2.95 bits per heavy atom. The average molecular weight is 282 g/mol. The van der Waals surface area contributed by atoms with Gasteiger partial charge >= 0.3 is 5.91 Å². The van der Waals surface area contributed by atoms with Gasteiger partial charge in [-0.2, -0.15) is 5.10 Å². The van der Waals surface area contributed by atoms with Crippen LogP contribution >= 0.6 is 0 Å². The van der Waals surface area contributed by atoms with Gasteiger partial charge in [0.1, 0.15) is 11.9 Å². The summed E-state index contributed by atoms with van der Waals surface area (Å²) in [6.45, 7) is 1.93. The molecule has 2 aromatic rings. The Balaban J connectivity index is 1.71. The number of furan rings is 1. The first kappa shape index (κ1) is 13.2. The summed E-state index contributed by atoms with van der Waals surface area (Å²) >= 11 is 0. The molecule has 0 radical (unpaired) electrons. The van der Waals surface area contributed by atoms with Gasteiger partial charge in [-0.3, -0.25) is 4.79 Å². The number of amides is 1. The topological polar surface area (TPSA) is 63.8 Å². The third kappa shape index (κ3) is 2.86. The molecule has 1 aliphatic heterocycles. The van der Waals surface area contributed by atoms with Crippen LogP contribution in [-0.4, -0.2) is 18.2 Å². The Morgan fingerprint density at radius 1 is 1.29 bits per heavy atom. The fourth-order valence-corrected chi connectivity index (χ4v) is 2.03. The fourth-order valence-electron chi connectivity index (χ4n) is 2.03. The summed E-state index contributed by atoms with van der Waals surface area (Å²) in [7, 11) is 0. The zero-order chi connectivity index (χ0) is 14.7. The summed E-state index contributed by atoms with van der Waals surface area (Å²) in [5.41, 5.74) is 4.29. The van der Waals surface area contributed by atoms with Gasteiger partial charge in [-0.05, 0) is 31.2 Å². The van der Waals surface area contributed by atoms with Crippen LogP contribution in [0.25, 0.3) is 6.08 Å². The van der Waals surface area contributed by atoms with E-state index in [-0.39, 0.29) is 17.8 Å². The van der Waals surface area contributed by atoms with Crippen LogP contribution in [0.3, 0.4) is 0 Å². The SMILES string of the molecule is CC1Oc2ccccc2C=C1/C=N/NC(=O)c1ccco1. The summed E-state index contributed by atoms with van der Waals surface area (Å²) in [5.74, 6) is 0.683. The molecule has 5 nitrogen and oxygen atoms in total. The lowest BCUT2D eigenvalue weighted by atomic mass is 10.0. The maximum atomic E-state index is 11.7. The van der Waals surface area contributed by atoms with Crippen molar-refractivity contribution in [2.24, 2.45) is 5.10 Å². The minimum Gasteiger partial charge on any atom is -0.485 e. The van der Waals surface area contributed by atoms with E-state index in [2.05, 4.69) is 10.5 Å². The van der Waals surface area contributed by atoms with Gasteiger partial charge in [-0.1, -0.05) is 18.2 Å². The molecule has 1 aromatic heterocycles. The van der Waals surface area contributed by atoms with E-state index in [0.717, 1.165) is 16.9 Å². The Kier molecular flexibility index (Phi) is 3.55. The highest BCUT2D eigenvalue weighted by Crippen LogP contribution is 2.28. The third-order valence-corrected chi connectivity index (χ3v) is 3.14. The van der Waals surface area contributed by atoms with Crippen molar-refractivity contribution in [1.82, 2.24) is 5.43 Å². The zero-order valence-corrected chi connectivity index (χ0v) is 11.4. The van der Waals surface area contributed by atoms with Gasteiger partial charge in [0, 0.05) is 11.1 Å². The number of rotatable bonds is 3. The van der Waals surface area contributed by atoms with Crippen molar-refractivity contribution < 1.29 is 13.9 Å². The molecule has 1 aliphatic rings. The normalized spacial score (nSPS) is 17.0. The highest BCUT2D eigenvalue weighted by molar-refractivity contribution is 5.93. The van der Waals surface area contributed by atoms with Gasteiger partial charge in [-0.25, -0.2) is 5.43 Å². The number of hydrogen-bond donors (Lipinski definition) is 1. The Hall–Kier alpha value is -2.82. The van der Waals surface area contributed by atoms with Gasteiger partial charge < -0.3 is 9.15 Å². The van der Waals surface area contributed by atoms with Crippen LogP contribution < -0.4 is 10.2 Å². The number of ether oxygens (including phenoxy) is 1. The molecule has 1 unspecified atom stereocenters. The number of carbonyl (C=O) groups excluding carboxylic acids is 1. The fraction of sp³-hybridized carbons (Fsp3) is 0.125. The molecule has 1 amide bonds. The molecule has 2 heterocycles. The molecule has 1 aromatic carbocycles. The standard InChI is InChI=1S/C16H14N2O3/c1-11-13(9-12-5-2-3-6-14(12)21-11)10-17-18-16(19)15-7-4-8-20-15/h2-11H,1H3,(H,18,19)/b17-10+. The van der Waals surface area contributed by atoms with Crippen molar-refractivity contribution in [3.63, 3.8) is 0 Å². The van der Waals surface area contributed by atoms with E-state index in [1.807, 2.05) is 37.3 Å². The predicted octanol–water partition coefficient (Wildman–Crippen LogP) is 2.86. The maximum absolute atomic E-state index is 11.7. The number of nitrogens with zero attached hydrogens (tertiary/aromatic N) is 1. The van der Waals surface area contributed by atoms with Crippen LogP contribution in [0.2, 0.25) is 0 Å². The lowest BCUT2D eigenvalue weighted by Gasteiger charge is -2.22. The average Bonchev–Trinajstić information content (AvgIpc) is 3.02. The lowest BCUT2D eigenvalue weighted by Crippen LogP contribution is -2.22. The number of benzene rings is 1. The van der Waals surface area contributed by atoms with Crippen molar-refractivity contribution >= 4 is 18.2 Å². The van der Waals surface area contributed by atoms with Gasteiger partial charge in [-0.15, -0.1) is 0 Å². The third-order valence-electron chi connectivity index (χ3n) is 3.14. The molecular formula is C16H14N2O3. The van der Waals surface area contributed by atoms with Gasteiger partial charge in [0.25, 0.3) is 0 Å². The van der Waals surface area contributed by atoms with Gasteiger partial charge in [0.15, 0.2) is 5.76 Å². The summed E-state index contributed by atoms with van der Waals surface area (Å²) in [4.78, 5) is 11.7. The van der Waals surface area contributed by atoms with Crippen LogP contribution in [0, 0.1) is 0 Å². The molecule has 0 aliphatic carbocycles. The number of nitrogens with one attached hydrogen (secondary N) is 1. The number of para-hydroxylation sites is 1. The van der Waals surface area contributed by atoms with E-state index in [0.29, 0.717) is 0 Å². The van der Waals surface area contributed by atoms with Gasteiger partial charge in [0.2, 0.25) is 0 Å². The number of hydrogen-bond acceptors (Lipinski definition) is 4. The number of carbonyl (C=O) groups is 1. The van der Waals surface area contributed by atoms with Crippen molar-refractivity contribution in [2.45, 2.75) is 13.0 Å². The minimum atomic E-state index is -0.387. The smallest absolute Gasteiger partial charge is 0.307 e. The first-order valence-electron chi connectivity index (χ1n) is 6.58. The highest BCUT2D eigenvalue weighted by Gasteiger charge is 2.17. The molecule has 1 N–H and O–H groups in total. The largest absolute Gasteiger partial charge is 0.485 e. The maximum Gasteiger partial charge on any atom is 0.307 e. The molecule has 5 heteroatoms. The van der Waals surface area contributed by atoms with Crippen molar-refractivity contribution in [3.8, 4) is 5.75 Å². The molecule has 0 bridgehead atoms. The predicted molar refractivity (Wildman–Crippen MR) is 79.2 cm³/mol. The monoisotopic (exact) mass is 282 g/mol. The van der Waals surface area contributed by atoms with Crippen LogP contribution in [0.4, 0.5) is 0 Å². The molecule has 21 heavy (non-hydrogen) atoms. The first-order valence-corrected chi connectivity index (χ1v) is 6.58.